The van der Waals surface area contributed by atoms with Crippen LogP contribution in [0.3, 0.4) is 0 Å². The van der Waals surface area contributed by atoms with E-state index in [1.165, 1.54) is 0 Å². The van der Waals surface area contributed by atoms with Crippen LogP contribution >= 0.6 is 11.6 Å². The second-order valence-corrected chi connectivity index (χ2v) is 2.22. The Morgan fingerprint density at radius 3 is 2.20 bits per heavy atom. The van der Waals surface area contributed by atoms with Gasteiger partial charge in [0.25, 0.3) is 0 Å². The van der Waals surface area contributed by atoms with Gasteiger partial charge in [-0.25, -0.2) is 4.39 Å². The topological polar surface area (TPSA) is 47.7 Å². The highest BCUT2D eigenvalue weighted by molar-refractivity contribution is 6.52. The van der Waals surface area contributed by atoms with Crippen molar-refractivity contribution in [2.75, 3.05) is 0 Å². The summed E-state index contributed by atoms with van der Waals surface area (Å²) in [5.41, 5.74) is -0.215. The lowest BCUT2D eigenvalue weighted by atomic mass is 10.1. The molecule has 0 fully saturated rings. The minimum absolute atomic E-state index is 0.0635. The fourth-order valence-corrected chi connectivity index (χ4v) is 0.710. The number of allylic oxidation sites excluding steroid dienone is 4. The van der Waals surface area contributed by atoms with Crippen LogP contribution in [0.5, 0.6) is 0 Å². The van der Waals surface area contributed by atoms with Gasteiger partial charge in [-0.2, -0.15) is 0 Å². The van der Waals surface area contributed by atoms with Gasteiger partial charge in [0.15, 0.2) is 0 Å². The molecule has 2 N–H and O–H groups in total. The zero-order valence-corrected chi connectivity index (χ0v) is 5.67. The Labute approximate surface area is 62.0 Å². The third kappa shape index (κ3) is 1.14. The number of hydrogen-bond acceptors (Lipinski definition) is 2. The average Bonchev–Trinajstić information content (AvgIpc) is 1.84. The van der Waals surface area contributed by atoms with Gasteiger partial charge in [-0.15, -0.1) is 0 Å². The van der Waals surface area contributed by atoms with Crippen LogP contribution < -0.4 is 0 Å². The van der Waals surface area contributed by atoms with Crippen molar-refractivity contribution in [1.29, 1.82) is 10.8 Å². The quantitative estimate of drug-likeness (QED) is 0.507. The molecule has 0 aromatic heterocycles. The van der Waals surface area contributed by atoms with Crippen LogP contribution in [0.1, 0.15) is 0 Å². The van der Waals surface area contributed by atoms with Crippen molar-refractivity contribution >= 4 is 23.0 Å². The molecule has 0 bridgehead atoms. The molecule has 10 heavy (non-hydrogen) atoms. The van der Waals surface area contributed by atoms with Crippen molar-refractivity contribution < 1.29 is 4.39 Å². The Balaban J connectivity index is 3.06. The molecule has 0 amide bonds. The molecule has 0 aromatic carbocycles. The van der Waals surface area contributed by atoms with E-state index in [2.05, 4.69) is 0 Å². The molecule has 2 nitrogen and oxygen atoms in total. The lowest BCUT2D eigenvalue weighted by Crippen LogP contribution is -2.10. The van der Waals surface area contributed by atoms with Crippen molar-refractivity contribution in [2.24, 2.45) is 0 Å². The molecule has 1 aliphatic carbocycles. The summed E-state index contributed by atoms with van der Waals surface area (Å²) in [4.78, 5) is 0. The van der Waals surface area contributed by atoms with Crippen LogP contribution in [0.25, 0.3) is 0 Å². The first-order chi connectivity index (χ1) is 4.61. The normalized spacial score (nSPS) is 18.6. The van der Waals surface area contributed by atoms with E-state index < -0.39 is 5.83 Å². The molecule has 0 unspecified atom stereocenters. The zero-order valence-electron chi connectivity index (χ0n) is 4.91. The molecule has 4 heteroatoms. The monoisotopic (exact) mass is 158 g/mol. The molecule has 0 aromatic rings. The van der Waals surface area contributed by atoms with Crippen LogP contribution in [0, 0.1) is 10.8 Å². The fourth-order valence-electron chi connectivity index (χ4n) is 0.547. The summed E-state index contributed by atoms with van der Waals surface area (Å²) in [5, 5.41) is 13.9. The molecule has 1 aliphatic rings. The number of halogens is 2. The van der Waals surface area contributed by atoms with E-state index in [4.69, 9.17) is 22.4 Å². The zero-order chi connectivity index (χ0) is 7.72. The highest BCUT2D eigenvalue weighted by Gasteiger charge is 2.12. The van der Waals surface area contributed by atoms with Crippen LogP contribution in [0.15, 0.2) is 23.0 Å². The molecule has 0 heterocycles. The first-order valence-corrected chi connectivity index (χ1v) is 2.91. The second kappa shape index (κ2) is 2.34. The van der Waals surface area contributed by atoms with E-state index in [0.717, 1.165) is 12.2 Å². The first kappa shape index (κ1) is 7.15. The van der Waals surface area contributed by atoms with Gasteiger partial charge < -0.3 is 0 Å². The number of nitrogens with one attached hydrogen (secondary N) is 2. The minimum atomic E-state index is -0.650. The van der Waals surface area contributed by atoms with Gasteiger partial charge in [-0.1, -0.05) is 11.6 Å². The maximum absolute atomic E-state index is 12.4. The van der Waals surface area contributed by atoms with Gasteiger partial charge >= 0.3 is 0 Å². The Bertz CT molecular complexity index is 237. The van der Waals surface area contributed by atoms with Gasteiger partial charge in [0.1, 0.15) is 5.83 Å². The Morgan fingerprint density at radius 1 is 1.20 bits per heavy atom. The van der Waals surface area contributed by atoms with Crippen molar-refractivity contribution in [3.8, 4) is 0 Å². The number of rotatable bonds is 0. The SMILES string of the molecule is N=C1C=C(F)C(Cl)=CC1=N. The maximum Gasteiger partial charge on any atom is 0.144 e. The number of hydrogen-bond donors (Lipinski definition) is 2. The Hall–Kier alpha value is -0.960. The summed E-state index contributed by atoms with van der Waals surface area (Å²) in [5.74, 6) is -0.650. The van der Waals surface area contributed by atoms with E-state index in [9.17, 15) is 4.39 Å². The largest absolute Gasteiger partial charge is 0.299 e. The van der Waals surface area contributed by atoms with Gasteiger partial charge in [0, 0.05) is 6.08 Å². The van der Waals surface area contributed by atoms with E-state index >= 15 is 0 Å². The standard InChI is InChI=1S/C6H4ClFN2/c7-3-1-5(9)6(10)2-4(3)8/h1-2,9-10H. The van der Waals surface area contributed by atoms with Crippen molar-refractivity contribution in [1.82, 2.24) is 0 Å². The summed E-state index contributed by atoms with van der Waals surface area (Å²) in [6, 6.07) is 0. The Kier molecular flexibility index (Phi) is 1.68. The van der Waals surface area contributed by atoms with Crippen LogP contribution in [0.4, 0.5) is 4.39 Å². The predicted octanol–water partition coefficient (Wildman–Crippen LogP) is 2.02. The van der Waals surface area contributed by atoms with Crippen molar-refractivity contribution in [3.05, 3.63) is 23.0 Å². The minimum Gasteiger partial charge on any atom is -0.299 e. The van der Waals surface area contributed by atoms with Crippen molar-refractivity contribution in [2.45, 2.75) is 0 Å². The maximum atomic E-state index is 12.4. The first-order valence-electron chi connectivity index (χ1n) is 2.53. The van der Waals surface area contributed by atoms with Crippen LogP contribution in [-0.4, -0.2) is 11.4 Å². The molecule has 0 saturated carbocycles. The van der Waals surface area contributed by atoms with E-state index in [-0.39, 0.29) is 16.5 Å². The molecule has 52 valence electrons. The molecule has 1 rings (SSSR count). The second-order valence-electron chi connectivity index (χ2n) is 1.81. The molecular weight excluding hydrogens is 155 g/mol. The highest BCUT2D eigenvalue weighted by atomic mass is 35.5. The molecule has 0 atom stereocenters. The van der Waals surface area contributed by atoms with Crippen molar-refractivity contribution in [3.63, 3.8) is 0 Å². The van der Waals surface area contributed by atoms with Crippen LogP contribution in [-0.2, 0) is 0 Å². The third-order valence-corrected chi connectivity index (χ3v) is 1.35. The third-order valence-electron chi connectivity index (χ3n) is 1.06. The molecule has 0 saturated heterocycles. The van der Waals surface area contributed by atoms with E-state index in [1.54, 1.807) is 0 Å². The summed E-state index contributed by atoms with van der Waals surface area (Å²) in [6.45, 7) is 0. The summed E-state index contributed by atoms with van der Waals surface area (Å²) >= 11 is 5.31. The van der Waals surface area contributed by atoms with Gasteiger partial charge in [-0.3, -0.25) is 10.8 Å². The molecule has 0 spiro atoms. The van der Waals surface area contributed by atoms with Gasteiger partial charge in [-0.05, 0) is 6.08 Å². The van der Waals surface area contributed by atoms with Gasteiger partial charge in [0.2, 0.25) is 0 Å². The fraction of sp³-hybridized carbons (Fsp3) is 0. The summed E-state index contributed by atoms with van der Waals surface area (Å²) in [6.07, 6.45) is 2.03. The highest BCUT2D eigenvalue weighted by Crippen LogP contribution is 2.19. The average molecular weight is 159 g/mol. The predicted molar refractivity (Wildman–Crippen MR) is 38.6 cm³/mol. The summed E-state index contributed by atoms with van der Waals surface area (Å²) < 4.78 is 12.4. The lowest BCUT2D eigenvalue weighted by molar-refractivity contribution is 0.663. The molecule has 0 aliphatic heterocycles. The van der Waals surface area contributed by atoms with Crippen LogP contribution in [0.2, 0.25) is 0 Å². The van der Waals surface area contributed by atoms with E-state index in [1.807, 2.05) is 0 Å². The Morgan fingerprint density at radius 2 is 1.70 bits per heavy atom. The molecule has 0 radical (unpaired) electrons. The lowest BCUT2D eigenvalue weighted by Gasteiger charge is -2.03. The van der Waals surface area contributed by atoms with E-state index in [0.29, 0.717) is 0 Å². The summed E-state index contributed by atoms with van der Waals surface area (Å²) in [7, 11) is 0. The van der Waals surface area contributed by atoms with Gasteiger partial charge in [0.05, 0.1) is 16.5 Å². The molecular formula is C6H4ClFN2. The smallest absolute Gasteiger partial charge is 0.144 e.